The van der Waals surface area contributed by atoms with Crippen molar-refractivity contribution in [1.29, 1.82) is 0 Å². The molecule has 1 unspecified atom stereocenters. The minimum Gasteiger partial charge on any atom is -0.465 e. The molecule has 224 valence electrons. The third kappa shape index (κ3) is 6.66. The van der Waals surface area contributed by atoms with Crippen LogP contribution in [0.5, 0.6) is 0 Å². The molecule has 3 fully saturated rings. The van der Waals surface area contributed by atoms with E-state index in [0.29, 0.717) is 19.3 Å². The number of aliphatic hydroxyl groups excluding tert-OH is 1. The Morgan fingerprint density at radius 1 is 1.20 bits per heavy atom. The summed E-state index contributed by atoms with van der Waals surface area (Å²) in [5, 5.41) is 24.6. The molecule has 1 saturated heterocycles. The van der Waals surface area contributed by atoms with Crippen LogP contribution in [0.2, 0.25) is 0 Å². The predicted molar refractivity (Wildman–Crippen MR) is 144 cm³/mol. The van der Waals surface area contributed by atoms with Gasteiger partial charge in [0.25, 0.3) is 5.91 Å². The van der Waals surface area contributed by atoms with Crippen molar-refractivity contribution in [1.82, 2.24) is 20.3 Å². The molecule has 13 nitrogen and oxygen atoms in total. The highest BCUT2D eigenvalue weighted by Gasteiger charge is 2.63. The number of sulfonamides is 1. The molecule has 2 aliphatic carbocycles. The molecule has 7 atom stereocenters. The first-order chi connectivity index (χ1) is 18.6. The topological polar surface area (TPSA) is 191 Å². The van der Waals surface area contributed by atoms with E-state index >= 15 is 0 Å². The van der Waals surface area contributed by atoms with Crippen molar-refractivity contribution < 1.29 is 42.5 Å². The zero-order valence-corrected chi connectivity index (χ0v) is 23.9. The van der Waals surface area contributed by atoms with E-state index in [1.54, 1.807) is 19.9 Å². The van der Waals surface area contributed by atoms with Crippen LogP contribution in [0.3, 0.4) is 0 Å². The molecule has 14 heteroatoms. The molecular formula is C26H40N4O9S. The van der Waals surface area contributed by atoms with Crippen LogP contribution in [0.4, 0.5) is 4.79 Å². The number of amides is 4. The van der Waals surface area contributed by atoms with E-state index in [0.717, 1.165) is 4.90 Å². The SMILES string of the molecule is C=CCO[C@@H](C)C[C@@H](C)C(NC(=O)O)C(=O)N1C[C@H](O)C[C@H]1C(=O)N[C@]1(C(=O)NS(=O)(=O)C2(C)CC2)C[C@H]1C=C. The summed E-state index contributed by atoms with van der Waals surface area (Å²) < 4.78 is 31.9. The molecule has 0 aromatic rings. The lowest BCUT2D eigenvalue weighted by molar-refractivity contribution is -0.142. The Balaban J connectivity index is 1.77. The first-order valence-electron chi connectivity index (χ1n) is 13.3. The van der Waals surface area contributed by atoms with E-state index in [1.807, 2.05) is 0 Å². The Morgan fingerprint density at radius 3 is 2.38 bits per heavy atom. The van der Waals surface area contributed by atoms with Crippen molar-refractivity contribution in [3.8, 4) is 0 Å². The molecule has 1 aliphatic heterocycles. The van der Waals surface area contributed by atoms with Gasteiger partial charge >= 0.3 is 6.09 Å². The third-order valence-corrected chi connectivity index (χ3v) is 10.2. The van der Waals surface area contributed by atoms with Crippen molar-refractivity contribution in [2.45, 2.75) is 87.5 Å². The number of rotatable bonds is 14. The molecule has 0 aromatic carbocycles. The summed E-state index contributed by atoms with van der Waals surface area (Å²) in [6, 6.07) is -2.45. The van der Waals surface area contributed by atoms with Crippen LogP contribution in [0.1, 0.15) is 52.9 Å². The fourth-order valence-electron chi connectivity index (χ4n) is 5.14. The number of nitrogens with one attached hydrogen (secondary N) is 3. The smallest absolute Gasteiger partial charge is 0.405 e. The average Bonchev–Trinajstić information content (AvgIpc) is 3.76. The molecule has 0 bridgehead atoms. The Labute approximate surface area is 234 Å². The van der Waals surface area contributed by atoms with Gasteiger partial charge in [-0.2, -0.15) is 0 Å². The standard InChI is InChI=1S/C26H40N4O9S/c1-6-10-39-16(4)11-15(3)20(27-24(35)36)22(33)30-14-18(31)12-19(30)21(32)28-26(13-17(26)7-2)23(34)29-40(37,38)25(5)8-9-25/h6-7,15-20,27,31H,1-2,8-14H2,3-5H3,(H,28,32)(H,29,34)(H,35,36)/t15-,16+,17-,18-,19+,20?,26-/m1/s1. The number of likely N-dealkylation sites (tertiary alicyclic amines) is 1. The lowest BCUT2D eigenvalue weighted by Crippen LogP contribution is -2.59. The number of ether oxygens (including phenoxy) is 1. The minimum atomic E-state index is -3.97. The zero-order valence-electron chi connectivity index (χ0n) is 23.1. The second-order valence-electron chi connectivity index (χ2n) is 11.4. The van der Waals surface area contributed by atoms with Crippen molar-refractivity contribution >= 4 is 33.8 Å². The summed E-state index contributed by atoms with van der Waals surface area (Å²) in [5.74, 6) is -3.43. The summed E-state index contributed by atoms with van der Waals surface area (Å²) >= 11 is 0. The van der Waals surface area contributed by atoms with E-state index in [-0.39, 0.29) is 32.1 Å². The summed E-state index contributed by atoms with van der Waals surface area (Å²) in [6.45, 7) is 12.3. The molecule has 40 heavy (non-hydrogen) atoms. The lowest BCUT2D eigenvalue weighted by atomic mass is 9.94. The molecular weight excluding hydrogens is 544 g/mol. The minimum absolute atomic E-state index is 0.117. The zero-order chi connectivity index (χ0) is 30.0. The normalized spacial score (nSPS) is 28.9. The molecule has 5 N–H and O–H groups in total. The molecule has 2 saturated carbocycles. The summed E-state index contributed by atoms with van der Waals surface area (Å²) in [6.07, 6.45) is 1.32. The van der Waals surface area contributed by atoms with E-state index in [1.165, 1.54) is 13.0 Å². The lowest BCUT2D eigenvalue weighted by Gasteiger charge is -2.32. The van der Waals surface area contributed by atoms with Crippen LogP contribution in [-0.2, 0) is 29.1 Å². The van der Waals surface area contributed by atoms with Crippen LogP contribution in [0, 0.1) is 11.8 Å². The van der Waals surface area contributed by atoms with Crippen LogP contribution in [0.15, 0.2) is 25.3 Å². The number of carbonyl (C=O) groups is 4. The van der Waals surface area contributed by atoms with E-state index in [9.17, 15) is 37.8 Å². The molecule has 1 heterocycles. The molecule has 0 spiro atoms. The van der Waals surface area contributed by atoms with Gasteiger partial charge in [-0.25, -0.2) is 13.2 Å². The van der Waals surface area contributed by atoms with Gasteiger partial charge < -0.3 is 30.5 Å². The largest absolute Gasteiger partial charge is 0.465 e. The highest BCUT2D eigenvalue weighted by molar-refractivity contribution is 7.91. The van der Waals surface area contributed by atoms with Crippen molar-refractivity contribution in [3.63, 3.8) is 0 Å². The highest BCUT2D eigenvalue weighted by atomic mass is 32.2. The Kier molecular flexibility index (Phi) is 9.36. The van der Waals surface area contributed by atoms with Crippen LogP contribution >= 0.6 is 0 Å². The van der Waals surface area contributed by atoms with Gasteiger partial charge in [0.2, 0.25) is 21.8 Å². The Hall–Kier alpha value is -2.97. The Morgan fingerprint density at radius 2 is 1.85 bits per heavy atom. The number of hydrogen-bond donors (Lipinski definition) is 5. The van der Waals surface area contributed by atoms with Crippen LogP contribution < -0.4 is 15.4 Å². The van der Waals surface area contributed by atoms with Crippen LogP contribution in [-0.4, -0.2) is 95.1 Å². The van der Waals surface area contributed by atoms with Gasteiger partial charge in [-0.15, -0.1) is 13.2 Å². The monoisotopic (exact) mass is 584 g/mol. The van der Waals surface area contributed by atoms with Gasteiger partial charge in [0, 0.05) is 18.9 Å². The quantitative estimate of drug-likeness (QED) is 0.178. The average molecular weight is 585 g/mol. The highest BCUT2D eigenvalue weighted by Crippen LogP contribution is 2.47. The maximum absolute atomic E-state index is 13.6. The van der Waals surface area contributed by atoms with Gasteiger partial charge in [0.1, 0.15) is 17.6 Å². The molecule has 0 aromatic heterocycles. The van der Waals surface area contributed by atoms with Gasteiger partial charge in [0.05, 0.1) is 23.6 Å². The summed E-state index contributed by atoms with van der Waals surface area (Å²) in [4.78, 5) is 52.8. The fourth-order valence-corrected chi connectivity index (χ4v) is 6.46. The number of nitrogens with zero attached hydrogens (tertiary/aromatic N) is 1. The van der Waals surface area contributed by atoms with Crippen molar-refractivity contribution in [3.05, 3.63) is 25.3 Å². The fraction of sp³-hybridized carbons (Fsp3) is 0.692. The van der Waals surface area contributed by atoms with E-state index in [2.05, 4.69) is 28.5 Å². The van der Waals surface area contributed by atoms with Gasteiger partial charge in [-0.05, 0) is 45.4 Å². The van der Waals surface area contributed by atoms with Gasteiger partial charge in [0.15, 0.2) is 0 Å². The molecule has 4 amide bonds. The van der Waals surface area contributed by atoms with Crippen molar-refractivity contribution in [2.24, 2.45) is 11.8 Å². The number of carbonyl (C=O) groups excluding carboxylic acids is 3. The molecule has 0 radical (unpaired) electrons. The third-order valence-electron chi connectivity index (χ3n) is 8.06. The number of β-amino-alcohol motifs (C(OH)–C–C–N with tert-alkyl or cyclic N) is 1. The number of carboxylic acid groups (broad SMARTS) is 1. The first kappa shape index (κ1) is 31.6. The van der Waals surface area contributed by atoms with Gasteiger partial charge in [-0.3, -0.25) is 19.1 Å². The maximum Gasteiger partial charge on any atom is 0.405 e. The number of hydrogen-bond acceptors (Lipinski definition) is 8. The Bertz CT molecular complexity index is 1150. The second kappa shape index (κ2) is 11.9. The van der Waals surface area contributed by atoms with Crippen LogP contribution in [0.25, 0.3) is 0 Å². The second-order valence-corrected chi connectivity index (χ2v) is 13.6. The van der Waals surface area contributed by atoms with Gasteiger partial charge in [-0.1, -0.05) is 19.1 Å². The van der Waals surface area contributed by atoms with E-state index in [4.69, 9.17) is 4.74 Å². The first-order valence-corrected chi connectivity index (χ1v) is 14.8. The summed E-state index contributed by atoms with van der Waals surface area (Å²) in [7, 11) is -3.97. The molecule has 3 aliphatic rings. The van der Waals surface area contributed by atoms with E-state index < -0.39 is 74.1 Å². The molecule has 3 rings (SSSR count). The maximum atomic E-state index is 13.6. The number of aliphatic hydroxyl groups is 1. The summed E-state index contributed by atoms with van der Waals surface area (Å²) in [5.41, 5.74) is -1.57. The van der Waals surface area contributed by atoms with Crippen molar-refractivity contribution in [2.75, 3.05) is 13.2 Å². The predicted octanol–water partition coefficient (Wildman–Crippen LogP) is 0.261.